The number of nitrogens with zero attached hydrogens (tertiary/aromatic N) is 1. The average molecular weight is 367 g/mol. The van der Waals surface area contributed by atoms with Crippen molar-refractivity contribution in [1.82, 2.24) is 4.90 Å². The molecule has 1 fully saturated rings. The quantitative estimate of drug-likeness (QED) is 0.481. The van der Waals surface area contributed by atoms with Crippen LogP contribution in [0.25, 0.3) is 5.76 Å². The van der Waals surface area contributed by atoms with Crippen molar-refractivity contribution in [1.29, 1.82) is 0 Å². The Kier molecular flexibility index (Phi) is 5.28. The largest absolute Gasteiger partial charge is 0.507 e. The molecule has 1 aliphatic heterocycles. The molecule has 1 unspecified atom stereocenters. The number of hydrogen-bond donors (Lipinski definition) is 2. The van der Waals surface area contributed by atoms with Crippen LogP contribution in [0.15, 0.2) is 54.1 Å². The fraction of sp³-hybridized carbons (Fsp3) is 0.238. The molecule has 0 bridgehead atoms. The normalized spacial score (nSPS) is 18.8. The van der Waals surface area contributed by atoms with Gasteiger partial charge in [0.2, 0.25) is 0 Å². The molecule has 0 aliphatic carbocycles. The number of aliphatic hydroxyl groups is 2. The molecule has 1 saturated heterocycles. The lowest BCUT2D eigenvalue weighted by atomic mass is 9.95. The van der Waals surface area contributed by atoms with E-state index in [1.54, 1.807) is 43.5 Å². The van der Waals surface area contributed by atoms with Gasteiger partial charge in [0, 0.05) is 12.1 Å². The number of hydrogen-bond acceptors (Lipinski definition) is 5. The standard InChI is InChI=1S/C21H21NO5/c1-13-3-5-15(6-4-13)19(24)17-18(14-7-9-16(27-2)10-8-14)22(11-12-23)21(26)20(17)25/h3-10,18,23-24H,11-12H2,1-2H3. The number of likely N-dealkylation sites (tertiary alicyclic amines) is 1. The second kappa shape index (κ2) is 7.63. The van der Waals surface area contributed by atoms with Gasteiger partial charge in [-0.1, -0.05) is 42.0 Å². The minimum atomic E-state index is -0.774. The number of β-amino-alcohol motifs (C(OH)–C–C–N with tert-alkyl or cyclic N) is 1. The van der Waals surface area contributed by atoms with E-state index < -0.39 is 17.7 Å². The van der Waals surface area contributed by atoms with Crippen LogP contribution >= 0.6 is 0 Å². The maximum absolute atomic E-state index is 12.7. The van der Waals surface area contributed by atoms with E-state index in [-0.39, 0.29) is 24.5 Å². The molecule has 6 nitrogen and oxygen atoms in total. The van der Waals surface area contributed by atoms with Crippen molar-refractivity contribution in [3.63, 3.8) is 0 Å². The van der Waals surface area contributed by atoms with E-state index in [0.717, 1.165) is 5.56 Å². The Balaban J connectivity index is 2.15. The number of aryl methyl sites for hydroxylation is 1. The topological polar surface area (TPSA) is 87.1 Å². The molecule has 2 aromatic carbocycles. The Labute approximate surface area is 157 Å². The molecule has 0 aromatic heterocycles. The predicted octanol–water partition coefficient (Wildman–Crippen LogP) is 2.42. The number of aliphatic hydroxyl groups excluding tert-OH is 2. The minimum absolute atomic E-state index is 0.00799. The van der Waals surface area contributed by atoms with Gasteiger partial charge in [0.25, 0.3) is 11.7 Å². The number of methoxy groups -OCH3 is 1. The Morgan fingerprint density at radius 3 is 2.26 bits per heavy atom. The lowest BCUT2D eigenvalue weighted by Gasteiger charge is -2.24. The number of Topliss-reactive ketones (excluding diaryl/α,β-unsaturated/α-hetero) is 1. The summed E-state index contributed by atoms with van der Waals surface area (Å²) >= 11 is 0. The summed E-state index contributed by atoms with van der Waals surface area (Å²) in [7, 11) is 1.55. The number of amides is 1. The molecule has 1 aliphatic rings. The number of benzene rings is 2. The smallest absolute Gasteiger partial charge is 0.295 e. The van der Waals surface area contributed by atoms with Crippen LogP contribution in [-0.2, 0) is 9.59 Å². The van der Waals surface area contributed by atoms with E-state index in [2.05, 4.69) is 0 Å². The van der Waals surface area contributed by atoms with Crippen LogP contribution in [0.4, 0.5) is 0 Å². The van der Waals surface area contributed by atoms with Crippen LogP contribution in [0.5, 0.6) is 5.75 Å². The zero-order valence-corrected chi connectivity index (χ0v) is 15.2. The predicted molar refractivity (Wildman–Crippen MR) is 100 cm³/mol. The van der Waals surface area contributed by atoms with Crippen molar-refractivity contribution in [2.24, 2.45) is 0 Å². The monoisotopic (exact) mass is 367 g/mol. The Morgan fingerprint density at radius 2 is 1.70 bits per heavy atom. The summed E-state index contributed by atoms with van der Waals surface area (Å²) in [5, 5.41) is 20.2. The van der Waals surface area contributed by atoms with E-state index in [1.807, 2.05) is 19.1 Å². The van der Waals surface area contributed by atoms with Crippen molar-refractivity contribution in [2.45, 2.75) is 13.0 Å². The summed E-state index contributed by atoms with van der Waals surface area (Å²) in [6.07, 6.45) is 0. The van der Waals surface area contributed by atoms with Gasteiger partial charge in [-0.05, 0) is 24.6 Å². The number of carbonyl (C=O) groups excluding carboxylic acids is 2. The van der Waals surface area contributed by atoms with Gasteiger partial charge >= 0.3 is 0 Å². The van der Waals surface area contributed by atoms with Gasteiger partial charge in [-0.2, -0.15) is 0 Å². The zero-order valence-electron chi connectivity index (χ0n) is 15.2. The first-order chi connectivity index (χ1) is 13.0. The van der Waals surface area contributed by atoms with Gasteiger partial charge in [-0.15, -0.1) is 0 Å². The Morgan fingerprint density at radius 1 is 1.07 bits per heavy atom. The van der Waals surface area contributed by atoms with Gasteiger partial charge in [-0.25, -0.2) is 0 Å². The molecule has 6 heteroatoms. The van der Waals surface area contributed by atoms with Gasteiger partial charge in [0.15, 0.2) is 0 Å². The van der Waals surface area contributed by atoms with Gasteiger partial charge in [-0.3, -0.25) is 9.59 Å². The van der Waals surface area contributed by atoms with Crippen LogP contribution in [0, 0.1) is 6.92 Å². The third-order valence-corrected chi connectivity index (χ3v) is 4.64. The third-order valence-electron chi connectivity index (χ3n) is 4.64. The van der Waals surface area contributed by atoms with Crippen LogP contribution in [-0.4, -0.2) is 47.1 Å². The second-order valence-electron chi connectivity index (χ2n) is 6.36. The van der Waals surface area contributed by atoms with E-state index in [4.69, 9.17) is 4.74 Å². The maximum atomic E-state index is 12.7. The summed E-state index contributed by atoms with van der Waals surface area (Å²) < 4.78 is 5.15. The van der Waals surface area contributed by atoms with Crippen LogP contribution in [0.3, 0.4) is 0 Å². The molecule has 0 saturated carbocycles. The SMILES string of the molecule is COc1ccc(C2C(=C(O)c3ccc(C)cc3)C(=O)C(=O)N2CCO)cc1. The third kappa shape index (κ3) is 3.44. The van der Waals surface area contributed by atoms with Gasteiger partial charge in [0.05, 0.1) is 25.3 Å². The Hall–Kier alpha value is -3.12. The highest BCUT2D eigenvalue weighted by Crippen LogP contribution is 2.39. The molecule has 2 aromatic rings. The fourth-order valence-corrected chi connectivity index (χ4v) is 3.22. The number of ether oxygens (including phenoxy) is 1. The molecule has 0 radical (unpaired) electrons. The highest BCUT2D eigenvalue weighted by atomic mass is 16.5. The van der Waals surface area contributed by atoms with Gasteiger partial charge in [0.1, 0.15) is 11.5 Å². The zero-order chi connectivity index (χ0) is 19.6. The summed E-state index contributed by atoms with van der Waals surface area (Å²) in [6, 6.07) is 13.2. The molecule has 2 N–H and O–H groups in total. The van der Waals surface area contributed by atoms with E-state index in [0.29, 0.717) is 16.9 Å². The molecule has 3 rings (SSSR count). The van der Waals surface area contributed by atoms with Crippen molar-refractivity contribution in [3.8, 4) is 5.75 Å². The molecular formula is C21H21NO5. The number of ketones is 1. The molecule has 140 valence electrons. The van der Waals surface area contributed by atoms with E-state index in [1.165, 1.54) is 4.90 Å². The molecule has 1 heterocycles. The molecule has 0 spiro atoms. The summed E-state index contributed by atoms with van der Waals surface area (Å²) in [6.45, 7) is 1.62. The van der Waals surface area contributed by atoms with Crippen LogP contribution < -0.4 is 4.74 Å². The Bertz CT molecular complexity index is 884. The summed E-state index contributed by atoms with van der Waals surface area (Å²) in [5.41, 5.74) is 2.14. The second-order valence-corrected chi connectivity index (χ2v) is 6.36. The highest BCUT2D eigenvalue weighted by molar-refractivity contribution is 6.46. The van der Waals surface area contributed by atoms with E-state index >= 15 is 0 Å². The van der Waals surface area contributed by atoms with Crippen LogP contribution in [0.2, 0.25) is 0 Å². The first-order valence-corrected chi connectivity index (χ1v) is 8.58. The lowest BCUT2D eigenvalue weighted by molar-refractivity contribution is -0.140. The average Bonchev–Trinajstić information content (AvgIpc) is 2.93. The number of rotatable bonds is 5. The van der Waals surface area contributed by atoms with Crippen molar-refractivity contribution >= 4 is 17.4 Å². The van der Waals surface area contributed by atoms with Crippen molar-refractivity contribution in [2.75, 3.05) is 20.3 Å². The first kappa shape index (κ1) is 18.7. The lowest BCUT2D eigenvalue weighted by Crippen LogP contribution is -2.32. The molecule has 1 amide bonds. The van der Waals surface area contributed by atoms with Crippen molar-refractivity contribution < 1.29 is 24.5 Å². The minimum Gasteiger partial charge on any atom is -0.507 e. The maximum Gasteiger partial charge on any atom is 0.295 e. The summed E-state index contributed by atoms with van der Waals surface area (Å²) in [5.74, 6) is -1.09. The first-order valence-electron chi connectivity index (χ1n) is 8.58. The fourth-order valence-electron chi connectivity index (χ4n) is 3.22. The molecular weight excluding hydrogens is 346 g/mol. The van der Waals surface area contributed by atoms with E-state index in [9.17, 15) is 19.8 Å². The van der Waals surface area contributed by atoms with Crippen molar-refractivity contribution in [3.05, 3.63) is 70.8 Å². The molecule has 1 atom stereocenters. The number of carbonyl (C=O) groups is 2. The summed E-state index contributed by atoms with van der Waals surface area (Å²) in [4.78, 5) is 26.4. The van der Waals surface area contributed by atoms with Gasteiger partial charge < -0.3 is 19.8 Å². The molecule has 27 heavy (non-hydrogen) atoms. The van der Waals surface area contributed by atoms with Crippen LogP contribution in [0.1, 0.15) is 22.7 Å². The highest BCUT2D eigenvalue weighted by Gasteiger charge is 2.45.